The largest absolute Gasteiger partial charge is 0.427 e. The van der Waals surface area contributed by atoms with Crippen LogP contribution in [0.25, 0.3) is 11.4 Å². The van der Waals surface area contributed by atoms with E-state index in [0.717, 1.165) is 34.4 Å². The lowest BCUT2D eigenvalue weighted by molar-refractivity contribution is -0.0820. The third kappa shape index (κ3) is 6.74. The molecule has 2 N–H and O–H groups in total. The van der Waals surface area contributed by atoms with E-state index >= 15 is 0 Å². The van der Waals surface area contributed by atoms with Gasteiger partial charge >= 0.3 is 6.09 Å². The molecule has 3 aliphatic rings. The number of nitrogens with zero attached hydrogens (tertiary/aromatic N) is 5. The maximum Gasteiger partial charge on any atom is 0.427 e. The quantitative estimate of drug-likeness (QED) is 0.297. The SMILES string of the molecule is CCCc1c(CC2C=CC(c3ccccc3C3NC(=O)ON3C)=CC2C)c(=O)n(C2CCC(OCC(O)C(F)F)CC2)c2ncnn12. The molecule has 3 heterocycles. The van der Waals surface area contributed by atoms with Gasteiger partial charge in [0.25, 0.3) is 12.0 Å². The van der Waals surface area contributed by atoms with E-state index in [1.54, 1.807) is 11.6 Å². The number of aromatic nitrogens is 4. The van der Waals surface area contributed by atoms with Crippen molar-refractivity contribution >= 4 is 17.4 Å². The van der Waals surface area contributed by atoms with Gasteiger partial charge in [-0.2, -0.15) is 10.1 Å². The number of alkyl halides is 2. The fourth-order valence-corrected chi connectivity index (χ4v) is 7.10. The predicted octanol–water partition coefficient (Wildman–Crippen LogP) is 5.00. The molecule has 0 spiro atoms. The van der Waals surface area contributed by atoms with Gasteiger partial charge in [-0.25, -0.2) is 18.1 Å². The highest BCUT2D eigenvalue weighted by Gasteiger charge is 2.33. The number of nitrogens with one attached hydrogen (secondary N) is 1. The van der Waals surface area contributed by atoms with E-state index in [9.17, 15) is 23.5 Å². The zero-order chi connectivity index (χ0) is 33.2. The highest BCUT2D eigenvalue weighted by atomic mass is 19.3. The molecule has 2 fully saturated rings. The number of ether oxygens (including phenoxy) is 1. The first-order valence-electron chi connectivity index (χ1n) is 16.4. The number of carbonyl (C=O) groups is 1. The Morgan fingerprint density at radius 2 is 1.94 bits per heavy atom. The van der Waals surface area contributed by atoms with Gasteiger partial charge in [0.15, 0.2) is 0 Å². The van der Waals surface area contributed by atoms with Crippen LogP contribution in [0.5, 0.6) is 0 Å². The van der Waals surface area contributed by atoms with Gasteiger partial charge < -0.3 is 14.7 Å². The number of aryl methyl sites for hydroxylation is 1. The molecule has 3 aromatic rings. The number of allylic oxidation sites excluding steroid dienone is 4. The van der Waals surface area contributed by atoms with Gasteiger partial charge in [0.1, 0.15) is 18.6 Å². The van der Waals surface area contributed by atoms with E-state index in [-0.39, 0.29) is 29.5 Å². The van der Waals surface area contributed by atoms with Crippen molar-refractivity contribution in [2.24, 2.45) is 11.8 Å². The highest BCUT2D eigenvalue weighted by molar-refractivity contribution is 5.78. The summed E-state index contributed by atoms with van der Waals surface area (Å²) < 4.78 is 34.6. The van der Waals surface area contributed by atoms with Crippen molar-refractivity contribution in [2.45, 2.75) is 89.6 Å². The Labute approximate surface area is 271 Å². The summed E-state index contributed by atoms with van der Waals surface area (Å²) in [5.74, 6) is 0.685. The van der Waals surface area contributed by atoms with Crippen LogP contribution < -0.4 is 10.9 Å². The van der Waals surface area contributed by atoms with Gasteiger partial charge in [0, 0.05) is 24.2 Å². The van der Waals surface area contributed by atoms with Crippen LogP contribution in [0.15, 0.2) is 53.6 Å². The monoisotopic (exact) mass is 652 g/mol. The summed E-state index contributed by atoms with van der Waals surface area (Å²) in [4.78, 5) is 36.0. The topological polar surface area (TPSA) is 123 Å². The molecule has 0 bridgehead atoms. The predicted molar refractivity (Wildman–Crippen MR) is 171 cm³/mol. The number of halogens is 2. The molecule has 2 aliphatic carbocycles. The number of hydrogen-bond acceptors (Lipinski definition) is 8. The number of aliphatic hydroxyl groups is 1. The molecule has 1 saturated heterocycles. The number of carbonyl (C=O) groups excluding carboxylic acids is 1. The Morgan fingerprint density at radius 1 is 1.17 bits per heavy atom. The number of benzene rings is 1. The average Bonchev–Trinajstić information content (AvgIpc) is 3.68. The van der Waals surface area contributed by atoms with Crippen molar-refractivity contribution in [1.82, 2.24) is 29.5 Å². The zero-order valence-electron chi connectivity index (χ0n) is 26.9. The van der Waals surface area contributed by atoms with E-state index in [1.807, 2.05) is 28.8 Å². The summed E-state index contributed by atoms with van der Waals surface area (Å²) in [7, 11) is 1.72. The Bertz CT molecular complexity index is 1710. The summed E-state index contributed by atoms with van der Waals surface area (Å²) in [5, 5.41) is 18.4. The van der Waals surface area contributed by atoms with E-state index in [2.05, 4.69) is 47.5 Å². The maximum absolute atomic E-state index is 14.4. The molecular weight excluding hydrogens is 610 g/mol. The van der Waals surface area contributed by atoms with Crippen molar-refractivity contribution < 1.29 is 28.3 Å². The van der Waals surface area contributed by atoms with Crippen molar-refractivity contribution in [2.75, 3.05) is 13.7 Å². The summed E-state index contributed by atoms with van der Waals surface area (Å²) in [6.45, 7) is 3.82. The molecule has 11 nitrogen and oxygen atoms in total. The summed E-state index contributed by atoms with van der Waals surface area (Å²) in [6, 6.07) is 7.80. The van der Waals surface area contributed by atoms with Gasteiger partial charge in [0.2, 0.25) is 5.78 Å². The minimum absolute atomic E-state index is 0.0613. The Kier molecular flexibility index (Phi) is 9.85. The molecule has 1 aliphatic heterocycles. The Morgan fingerprint density at radius 3 is 2.62 bits per heavy atom. The fourth-order valence-electron chi connectivity index (χ4n) is 7.10. The second-order valence-electron chi connectivity index (χ2n) is 12.8. The van der Waals surface area contributed by atoms with Crippen LogP contribution in [0.1, 0.15) is 80.5 Å². The van der Waals surface area contributed by atoms with Crippen LogP contribution >= 0.6 is 0 Å². The van der Waals surface area contributed by atoms with Gasteiger partial charge in [-0.3, -0.25) is 14.7 Å². The molecule has 2 aromatic heterocycles. The van der Waals surface area contributed by atoms with Crippen molar-refractivity contribution in [1.29, 1.82) is 0 Å². The average molecular weight is 653 g/mol. The lowest BCUT2D eigenvalue weighted by Gasteiger charge is -2.31. The van der Waals surface area contributed by atoms with E-state index in [1.165, 1.54) is 11.4 Å². The normalized spacial score (nSPS) is 25.6. The number of amides is 1. The molecular formula is C34H42F2N6O5. The summed E-state index contributed by atoms with van der Waals surface area (Å²) >= 11 is 0. The Balaban J connectivity index is 1.25. The van der Waals surface area contributed by atoms with Gasteiger partial charge in [0.05, 0.1) is 18.4 Å². The van der Waals surface area contributed by atoms with E-state index in [0.29, 0.717) is 44.3 Å². The highest BCUT2D eigenvalue weighted by Crippen LogP contribution is 2.36. The molecule has 252 valence electrons. The summed E-state index contributed by atoms with van der Waals surface area (Å²) in [6.07, 6.45) is 6.66. The second-order valence-corrected chi connectivity index (χ2v) is 12.8. The van der Waals surface area contributed by atoms with Crippen molar-refractivity contribution in [3.8, 4) is 0 Å². The molecule has 4 unspecified atom stereocenters. The Hall–Kier alpha value is -3.94. The number of aliphatic hydroxyl groups excluding tert-OH is 1. The van der Waals surface area contributed by atoms with Crippen molar-refractivity contribution in [3.05, 3.63) is 81.6 Å². The third-order valence-electron chi connectivity index (χ3n) is 9.61. The lowest BCUT2D eigenvalue weighted by Crippen LogP contribution is -2.36. The van der Waals surface area contributed by atoms with Gasteiger partial charge in [-0.1, -0.05) is 62.8 Å². The minimum atomic E-state index is -2.84. The minimum Gasteiger partial charge on any atom is -0.385 e. The molecule has 4 atom stereocenters. The lowest BCUT2D eigenvalue weighted by atomic mass is 9.80. The van der Waals surface area contributed by atoms with Crippen LogP contribution in [-0.2, 0) is 22.4 Å². The molecule has 13 heteroatoms. The molecule has 1 aromatic carbocycles. The van der Waals surface area contributed by atoms with E-state index < -0.39 is 31.4 Å². The first kappa shape index (κ1) is 33.0. The van der Waals surface area contributed by atoms with Gasteiger partial charge in [-0.05, 0) is 61.5 Å². The first-order valence-corrected chi connectivity index (χ1v) is 16.4. The maximum atomic E-state index is 14.4. The number of fused-ring (bicyclic) bond motifs is 1. The number of rotatable bonds is 11. The van der Waals surface area contributed by atoms with Crippen LogP contribution in [0.3, 0.4) is 0 Å². The van der Waals surface area contributed by atoms with Crippen molar-refractivity contribution in [3.63, 3.8) is 0 Å². The number of hydrogen-bond donors (Lipinski definition) is 2. The molecule has 47 heavy (non-hydrogen) atoms. The molecule has 1 saturated carbocycles. The van der Waals surface area contributed by atoms with Crippen LogP contribution in [0.2, 0.25) is 0 Å². The molecule has 0 radical (unpaired) electrons. The van der Waals surface area contributed by atoms with E-state index in [4.69, 9.17) is 9.57 Å². The summed E-state index contributed by atoms with van der Waals surface area (Å²) in [5.41, 5.74) is 4.51. The molecule has 6 rings (SSSR count). The zero-order valence-corrected chi connectivity index (χ0v) is 26.9. The smallest absolute Gasteiger partial charge is 0.385 e. The fraction of sp³-hybridized carbons (Fsp3) is 0.529. The van der Waals surface area contributed by atoms with Gasteiger partial charge in [-0.15, -0.1) is 5.06 Å². The molecule has 1 amide bonds. The van der Waals surface area contributed by atoms with Crippen LogP contribution in [-0.4, -0.2) is 67.7 Å². The van der Waals surface area contributed by atoms with Crippen LogP contribution in [0.4, 0.5) is 13.6 Å². The number of hydroxylamine groups is 2. The first-order chi connectivity index (χ1) is 22.7. The standard InChI is InChI=1S/C34H42F2N6O5/c1-4-7-28-27(17-21-10-11-22(16-20(21)2)25-8-5-6-9-26(25)31-39-34(45)47-40(31)3)32(44)41(33-37-19-38-42(28)33)23-12-14-24(15-13-23)46-18-29(43)30(35)36/h5-6,8-11,16,19-21,23-24,29-31,43H,4,7,12-15,17-18H2,1-3H3,(H,39,45). The second kappa shape index (κ2) is 14.0. The van der Waals surface area contributed by atoms with Crippen LogP contribution in [0, 0.1) is 11.8 Å². The third-order valence-corrected chi connectivity index (χ3v) is 9.61.